The zero-order valence-electron chi connectivity index (χ0n) is 9.43. The minimum Gasteiger partial charge on any atom is -0.292 e. The van der Waals surface area contributed by atoms with E-state index in [-0.39, 0.29) is 5.78 Å². The lowest BCUT2D eigenvalue weighted by Gasteiger charge is -2.02. The van der Waals surface area contributed by atoms with Crippen molar-refractivity contribution in [2.75, 3.05) is 0 Å². The minimum absolute atomic E-state index is 0.00631. The van der Waals surface area contributed by atoms with Gasteiger partial charge in [0.25, 0.3) is 0 Å². The highest BCUT2D eigenvalue weighted by atomic mass is 35.5. The molecule has 0 aliphatic carbocycles. The summed E-state index contributed by atoms with van der Waals surface area (Å²) in [6.07, 6.45) is 6.03. The summed E-state index contributed by atoms with van der Waals surface area (Å²) in [4.78, 5) is 15.9. The van der Waals surface area contributed by atoms with Gasteiger partial charge in [-0.15, -0.1) is 0 Å². The summed E-state index contributed by atoms with van der Waals surface area (Å²) in [5.74, 6) is 0.00631. The van der Waals surface area contributed by atoms with Crippen LogP contribution in [0.25, 0.3) is 0 Å². The van der Waals surface area contributed by atoms with Crippen molar-refractivity contribution in [2.24, 2.45) is 7.05 Å². The van der Waals surface area contributed by atoms with Gasteiger partial charge in [0, 0.05) is 25.9 Å². The molecule has 0 aliphatic heterocycles. The number of halogens is 1. The maximum atomic E-state index is 12.0. The van der Waals surface area contributed by atoms with Gasteiger partial charge < -0.3 is 0 Å². The van der Waals surface area contributed by atoms with Crippen molar-refractivity contribution in [1.29, 1.82) is 0 Å². The average Bonchev–Trinajstić information content (AvgIpc) is 2.67. The Morgan fingerprint density at radius 1 is 1.41 bits per heavy atom. The number of hydrogen-bond donors (Lipinski definition) is 0. The van der Waals surface area contributed by atoms with Gasteiger partial charge in [0.05, 0.1) is 11.2 Å². The van der Waals surface area contributed by atoms with E-state index in [2.05, 4.69) is 10.1 Å². The van der Waals surface area contributed by atoms with Crippen LogP contribution in [0, 0.1) is 0 Å². The van der Waals surface area contributed by atoms with E-state index in [0.717, 1.165) is 5.56 Å². The average molecular weight is 250 g/mol. The number of nitrogens with zero attached hydrogens (tertiary/aromatic N) is 3. The third kappa shape index (κ3) is 2.71. The number of Topliss-reactive ketones (excluding diaryl/α,β-unsaturated/α-hetero) is 1. The number of aromatic nitrogens is 3. The van der Waals surface area contributed by atoms with Crippen molar-refractivity contribution in [3.63, 3.8) is 0 Å². The van der Waals surface area contributed by atoms with Gasteiger partial charge >= 0.3 is 0 Å². The number of pyridine rings is 1. The predicted molar refractivity (Wildman–Crippen MR) is 65.1 cm³/mol. The summed E-state index contributed by atoms with van der Waals surface area (Å²) in [6, 6.07) is 3.80. The molecule has 0 unspecified atom stereocenters. The van der Waals surface area contributed by atoms with Crippen LogP contribution in [0.1, 0.15) is 22.5 Å². The summed E-state index contributed by atoms with van der Waals surface area (Å²) in [5.41, 5.74) is 1.56. The Balaban J connectivity index is 2.04. The van der Waals surface area contributed by atoms with E-state index < -0.39 is 0 Å². The molecule has 2 heterocycles. The Morgan fingerprint density at radius 3 is 2.71 bits per heavy atom. The van der Waals surface area contributed by atoms with Crippen LogP contribution in [-0.2, 0) is 13.5 Å². The van der Waals surface area contributed by atoms with Crippen molar-refractivity contribution in [3.05, 3.63) is 47.0 Å². The highest BCUT2D eigenvalue weighted by Gasteiger charge is 2.15. The smallest absolute Gasteiger partial charge is 0.182 e. The van der Waals surface area contributed by atoms with Crippen LogP contribution in [0.4, 0.5) is 0 Å². The number of aryl methyl sites for hydroxylation is 2. The molecule has 5 heteroatoms. The SMILES string of the molecule is Cn1ncc(Cl)c1C(=O)CCc1ccncc1. The molecule has 88 valence electrons. The predicted octanol–water partition coefficient (Wildman–Crippen LogP) is 2.28. The standard InChI is InChI=1S/C12H12ClN3O/c1-16-12(10(13)8-15-16)11(17)3-2-9-4-6-14-7-5-9/h4-8H,2-3H2,1H3. The van der Waals surface area contributed by atoms with Crippen LogP contribution >= 0.6 is 11.6 Å². The van der Waals surface area contributed by atoms with E-state index in [4.69, 9.17) is 11.6 Å². The maximum absolute atomic E-state index is 12.0. The lowest BCUT2D eigenvalue weighted by atomic mass is 10.1. The van der Waals surface area contributed by atoms with E-state index in [1.807, 2.05) is 12.1 Å². The Kier molecular flexibility index (Phi) is 3.54. The molecule has 4 nitrogen and oxygen atoms in total. The molecule has 2 aromatic heterocycles. The van der Waals surface area contributed by atoms with Gasteiger partial charge in [-0.2, -0.15) is 5.10 Å². The molecule has 0 amide bonds. The lowest BCUT2D eigenvalue weighted by Crippen LogP contribution is -2.08. The largest absolute Gasteiger partial charge is 0.292 e. The first-order valence-corrected chi connectivity index (χ1v) is 5.66. The highest BCUT2D eigenvalue weighted by Crippen LogP contribution is 2.16. The third-order valence-corrected chi connectivity index (χ3v) is 2.82. The molecular formula is C12H12ClN3O. The van der Waals surface area contributed by atoms with E-state index >= 15 is 0 Å². The van der Waals surface area contributed by atoms with Gasteiger partial charge in [-0.3, -0.25) is 14.5 Å². The number of carbonyl (C=O) groups excluding carboxylic acids is 1. The highest BCUT2D eigenvalue weighted by molar-refractivity contribution is 6.33. The number of ketones is 1. The summed E-state index contributed by atoms with van der Waals surface area (Å²) < 4.78 is 1.51. The molecule has 0 spiro atoms. The first-order chi connectivity index (χ1) is 8.18. The van der Waals surface area contributed by atoms with Crippen molar-refractivity contribution in [2.45, 2.75) is 12.8 Å². The second kappa shape index (κ2) is 5.10. The summed E-state index contributed by atoms with van der Waals surface area (Å²) in [6.45, 7) is 0. The minimum atomic E-state index is 0.00631. The van der Waals surface area contributed by atoms with Crippen LogP contribution in [0.15, 0.2) is 30.7 Å². The Bertz CT molecular complexity index is 502. The first-order valence-electron chi connectivity index (χ1n) is 5.28. The van der Waals surface area contributed by atoms with Gasteiger partial charge in [0.1, 0.15) is 5.69 Å². The fourth-order valence-electron chi connectivity index (χ4n) is 1.65. The normalized spacial score (nSPS) is 10.5. The zero-order valence-corrected chi connectivity index (χ0v) is 10.2. The molecule has 0 atom stereocenters. The van der Waals surface area contributed by atoms with Crippen molar-refractivity contribution in [1.82, 2.24) is 14.8 Å². The quantitative estimate of drug-likeness (QED) is 0.781. The summed E-state index contributed by atoms with van der Waals surface area (Å²) in [7, 11) is 1.71. The van der Waals surface area contributed by atoms with Crippen molar-refractivity contribution < 1.29 is 4.79 Å². The van der Waals surface area contributed by atoms with Gasteiger partial charge in [0.2, 0.25) is 0 Å². The molecule has 17 heavy (non-hydrogen) atoms. The van der Waals surface area contributed by atoms with E-state index in [9.17, 15) is 4.79 Å². The fraction of sp³-hybridized carbons (Fsp3) is 0.250. The van der Waals surface area contributed by atoms with Gasteiger partial charge in [-0.05, 0) is 24.1 Å². The molecule has 0 aromatic carbocycles. The molecule has 0 radical (unpaired) electrons. The summed E-state index contributed by atoms with van der Waals surface area (Å²) in [5, 5.41) is 4.36. The molecular weight excluding hydrogens is 238 g/mol. The van der Waals surface area contributed by atoms with E-state index in [1.165, 1.54) is 10.9 Å². The van der Waals surface area contributed by atoms with Crippen LogP contribution in [0.2, 0.25) is 5.02 Å². The number of rotatable bonds is 4. The second-order valence-electron chi connectivity index (χ2n) is 3.74. The van der Waals surface area contributed by atoms with Gasteiger partial charge in [0.15, 0.2) is 5.78 Å². The second-order valence-corrected chi connectivity index (χ2v) is 4.15. The van der Waals surface area contributed by atoms with E-state index in [0.29, 0.717) is 23.6 Å². The molecule has 2 aromatic rings. The molecule has 0 aliphatic rings. The number of carbonyl (C=O) groups is 1. The van der Waals surface area contributed by atoms with Crippen molar-refractivity contribution >= 4 is 17.4 Å². The van der Waals surface area contributed by atoms with Crippen LogP contribution in [-0.4, -0.2) is 20.5 Å². The van der Waals surface area contributed by atoms with E-state index in [1.54, 1.807) is 19.4 Å². The van der Waals surface area contributed by atoms with Crippen LogP contribution in [0.5, 0.6) is 0 Å². The fourth-order valence-corrected chi connectivity index (χ4v) is 1.92. The maximum Gasteiger partial charge on any atom is 0.182 e. The van der Waals surface area contributed by atoms with Crippen LogP contribution in [0.3, 0.4) is 0 Å². The molecule has 0 saturated carbocycles. The molecule has 0 fully saturated rings. The first kappa shape index (κ1) is 11.8. The molecule has 0 N–H and O–H groups in total. The lowest BCUT2D eigenvalue weighted by molar-refractivity contribution is 0.0974. The Hall–Kier alpha value is -1.68. The topological polar surface area (TPSA) is 47.8 Å². The van der Waals surface area contributed by atoms with Crippen LogP contribution < -0.4 is 0 Å². The molecule has 0 bridgehead atoms. The number of hydrogen-bond acceptors (Lipinski definition) is 3. The third-order valence-electron chi connectivity index (χ3n) is 2.55. The Morgan fingerprint density at radius 2 is 2.12 bits per heavy atom. The van der Waals surface area contributed by atoms with Gasteiger partial charge in [-0.1, -0.05) is 11.6 Å². The van der Waals surface area contributed by atoms with Gasteiger partial charge in [-0.25, -0.2) is 0 Å². The molecule has 0 saturated heterocycles. The Labute approximate surface area is 104 Å². The summed E-state index contributed by atoms with van der Waals surface area (Å²) >= 11 is 5.91. The molecule has 2 rings (SSSR count). The monoisotopic (exact) mass is 249 g/mol. The van der Waals surface area contributed by atoms with Crippen molar-refractivity contribution in [3.8, 4) is 0 Å². The zero-order chi connectivity index (χ0) is 12.3.